The molecule has 0 spiro atoms. The van der Waals surface area contributed by atoms with Crippen molar-refractivity contribution in [3.63, 3.8) is 0 Å². The maximum absolute atomic E-state index is 12.3. The van der Waals surface area contributed by atoms with Gasteiger partial charge in [0.05, 0.1) is 10.9 Å². The highest BCUT2D eigenvalue weighted by Crippen LogP contribution is 2.28. The number of anilines is 1. The van der Waals surface area contributed by atoms with Crippen LogP contribution in [0.2, 0.25) is 0 Å². The van der Waals surface area contributed by atoms with E-state index in [0.717, 1.165) is 17.8 Å². The molecule has 1 amide bonds. The maximum atomic E-state index is 12.3. The van der Waals surface area contributed by atoms with E-state index in [1.807, 2.05) is 0 Å². The van der Waals surface area contributed by atoms with Gasteiger partial charge in [-0.05, 0) is 25.0 Å². The van der Waals surface area contributed by atoms with Crippen LogP contribution in [0.15, 0.2) is 33.9 Å². The van der Waals surface area contributed by atoms with Gasteiger partial charge in [-0.15, -0.1) is 10.2 Å². The molecular formula is C18H21N5O3S. The summed E-state index contributed by atoms with van der Waals surface area (Å²) in [7, 11) is 0. The number of carbonyl (C=O) groups is 1. The lowest BCUT2D eigenvalue weighted by Gasteiger charge is -2.09. The van der Waals surface area contributed by atoms with Crippen LogP contribution >= 0.6 is 11.3 Å². The first kappa shape index (κ1) is 19.0. The van der Waals surface area contributed by atoms with Gasteiger partial charge in [0, 0.05) is 18.9 Å². The van der Waals surface area contributed by atoms with E-state index in [4.69, 9.17) is 0 Å². The predicted molar refractivity (Wildman–Crippen MR) is 105 cm³/mol. The normalized spacial score (nSPS) is 11.2. The summed E-state index contributed by atoms with van der Waals surface area (Å²) in [5.41, 5.74) is -0.455. The molecule has 0 unspecified atom stereocenters. The fourth-order valence-electron chi connectivity index (χ4n) is 2.95. The molecule has 0 aliphatic rings. The van der Waals surface area contributed by atoms with E-state index in [2.05, 4.69) is 34.3 Å². The number of hydrogen-bond acceptors (Lipinski definition) is 6. The number of aromatic amines is 1. The van der Waals surface area contributed by atoms with E-state index in [1.54, 1.807) is 24.3 Å². The molecule has 1 aromatic carbocycles. The Balaban J connectivity index is 1.71. The van der Waals surface area contributed by atoms with Crippen LogP contribution in [0.4, 0.5) is 5.13 Å². The van der Waals surface area contributed by atoms with E-state index in [1.165, 1.54) is 15.9 Å². The number of rotatable bonds is 7. The highest BCUT2D eigenvalue weighted by molar-refractivity contribution is 7.15. The summed E-state index contributed by atoms with van der Waals surface area (Å²) in [5, 5.41) is 12.7. The Morgan fingerprint density at radius 2 is 1.96 bits per heavy atom. The molecular weight excluding hydrogens is 366 g/mol. The van der Waals surface area contributed by atoms with Gasteiger partial charge >= 0.3 is 5.69 Å². The third kappa shape index (κ3) is 4.13. The molecule has 9 heteroatoms. The van der Waals surface area contributed by atoms with Crippen molar-refractivity contribution in [1.82, 2.24) is 19.7 Å². The summed E-state index contributed by atoms with van der Waals surface area (Å²) in [6, 6.07) is 6.81. The largest absolute Gasteiger partial charge is 0.328 e. The molecule has 142 valence electrons. The fraction of sp³-hybridized carbons (Fsp3) is 0.389. The molecule has 2 N–H and O–H groups in total. The molecule has 0 aliphatic carbocycles. The number of para-hydroxylation sites is 1. The van der Waals surface area contributed by atoms with Crippen molar-refractivity contribution >= 4 is 33.3 Å². The van der Waals surface area contributed by atoms with Crippen LogP contribution in [0.5, 0.6) is 0 Å². The minimum absolute atomic E-state index is 0.0792. The van der Waals surface area contributed by atoms with Crippen LogP contribution in [0.3, 0.4) is 0 Å². The number of amides is 1. The number of carbonyl (C=O) groups excluding carboxylic acids is 1. The van der Waals surface area contributed by atoms with Crippen LogP contribution in [0.25, 0.3) is 10.9 Å². The molecule has 0 saturated carbocycles. The van der Waals surface area contributed by atoms with Crippen molar-refractivity contribution in [2.24, 2.45) is 0 Å². The second kappa shape index (κ2) is 8.26. The van der Waals surface area contributed by atoms with Gasteiger partial charge in [0.2, 0.25) is 11.0 Å². The van der Waals surface area contributed by atoms with Crippen molar-refractivity contribution < 1.29 is 4.79 Å². The maximum Gasteiger partial charge on any atom is 0.328 e. The Morgan fingerprint density at radius 1 is 1.22 bits per heavy atom. The summed E-state index contributed by atoms with van der Waals surface area (Å²) >= 11 is 1.38. The van der Waals surface area contributed by atoms with Gasteiger partial charge in [0.25, 0.3) is 5.56 Å². The Labute approximate surface area is 159 Å². The van der Waals surface area contributed by atoms with Gasteiger partial charge in [0.1, 0.15) is 5.01 Å². The molecule has 0 aliphatic heterocycles. The second-order valence-electron chi connectivity index (χ2n) is 6.19. The number of nitrogens with one attached hydrogen (secondary N) is 2. The number of nitrogens with zero attached hydrogens (tertiary/aromatic N) is 3. The van der Waals surface area contributed by atoms with Crippen LogP contribution in [0.1, 0.15) is 44.0 Å². The Hall–Kier alpha value is -2.81. The van der Waals surface area contributed by atoms with E-state index < -0.39 is 11.2 Å². The van der Waals surface area contributed by atoms with E-state index >= 15 is 0 Å². The van der Waals surface area contributed by atoms with Crippen molar-refractivity contribution in [2.45, 2.75) is 45.6 Å². The zero-order valence-corrected chi connectivity index (χ0v) is 16.0. The standard InChI is InChI=1S/C18H21N5O3S/c1-3-11(4-2)16-21-22-17(27-16)19-14(24)9-10-23-13-8-6-5-7-12(13)15(25)20-18(23)26/h5-8,11H,3-4,9-10H2,1-2H3,(H,19,22,24)(H,20,25,26). The summed E-state index contributed by atoms with van der Waals surface area (Å²) in [6.45, 7) is 4.35. The highest BCUT2D eigenvalue weighted by atomic mass is 32.1. The molecule has 8 nitrogen and oxygen atoms in total. The zero-order valence-electron chi connectivity index (χ0n) is 15.2. The Kier molecular flexibility index (Phi) is 5.80. The van der Waals surface area contributed by atoms with Gasteiger partial charge in [-0.1, -0.05) is 37.3 Å². The van der Waals surface area contributed by atoms with Crippen LogP contribution < -0.4 is 16.6 Å². The van der Waals surface area contributed by atoms with Crippen LogP contribution in [0, 0.1) is 0 Å². The third-order valence-corrected chi connectivity index (χ3v) is 5.49. The molecule has 0 radical (unpaired) electrons. The van der Waals surface area contributed by atoms with E-state index in [9.17, 15) is 14.4 Å². The smallest absolute Gasteiger partial charge is 0.300 e. The minimum atomic E-state index is -0.529. The number of benzene rings is 1. The molecule has 2 heterocycles. The molecule has 0 atom stereocenters. The Morgan fingerprint density at radius 3 is 2.70 bits per heavy atom. The molecule has 0 fully saturated rings. The van der Waals surface area contributed by atoms with Gasteiger partial charge in [0.15, 0.2) is 0 Å². The van der Waals surface area contributed by atoms with Gasteiger partial charge in [-0.2, -0.15) is 0 Å². The molecule has 3 aromatic rings. The summed E-state index contributed by atoms with van der Waals surface area (Å²) < 4.78 is 1.39. The number of hydrogen-bond donors (Lipinski definition) is 2. The third-order valence-electron chi connectivity index (χ3n) is 4.49. The summed E-state index contributed by atoms with van der Waals surface area (Å²) in [4.78, 5) is 38.5. The quantitative estimate of drug-likeness (QED) is 0.647. The lowest BCUT2D eigenvalue weighted by atomic mass is 10.1. The molecule has 0 bridgehead atoms. The number of H-pyrrole nitrogens is 1. The molecule has 27 heavy (non-hydrogen) atoms. The lowest BCUT2D eigenvalue weighted by molar-refractivity contribution is -0.116. The zero-order chi connectivity index (χ0) is 19.4. The fourth-order valence-corrected chi connectivity index (χ4v) is 3.97. The van der Waals surface area contributed by atoms with Crippen molar-refractivity contribution in [3.8, 4) is 0 Å². The lowest BCUT2D eigenvalue weighted by Crippen LogP contribution is -2.31. The van der Waals surface area contributed by atoms with Crippen molar-refractivity contribution in [1.29, 1.82) is 0 Å². The summed E-state index contributed by atoms with van der Waals surface area (Å²) in [6.07, 6.45) is 2.03. The monoisotopic (exact) mass is 387 g/mol. The van der Waals surface area contributed by atoms with E-state index in [-0.39, 0.29) is 18.9 Å². The van der Waals surface area contributed by atoms with E-state index in [0.29, 0.717) is 22.0 Å². The number of aryl methyl sites for hydroxylation is 1. The predicted octanol–water partition coefficient (Wildman–Crippen LogP) is 2.47. The first-order chi connectivity index (χ1) is 13.0. The second-order valence-corrected chi connectivity index (χ2v) is 7.19. The SMILES string of the molecule is CCC(CC)c1nnc(NC(=O)CCn2c(=O)[nH]c(=O)c3ccccc32)s1. The molecule has 0 saturated heterocycles. The van der Waals surface area contributed by atoms with Crippen molar-refractivity contribution in [3.05, 3.63) is 50.1 Å². The minimum Gasteiger partial charge on any atom is -0.300 e. The topological polar surface area (TPSA) is 110 Å². The first-order valence-corrected chi connectivity index (χ1v) is 9.70. The van der Waals surface area contributed by atoms with Crippen LogP contribution in [-0.4, -0.2) is 25.7 Å². The highest BCUT2D eigenvalue weighted by Gasteiger charge is 2.15. The molecule has 3 rings (SSSR count). The average Bonchev–Trinajstić information content (AvgIpc) is 3.10. The van der Waals surface area contributed by atoms with Crippen LogP contribution in [-0.2, 0) is 11.3 Å². The first-order valence-electron chi connectivity index (χ1n) is 8.88. The number of aromatic nitrogens is 4. The summed E-state index contributed by atoms with van der Waals surface area (Å²) in [5.74, 6) is 0.0867. The van der Waals surface area contributed by atoms with Gasteiger partial charge in [-0.25, -0.2) is 4.79 Å². The van der Waals surface area contributed by atoms with Gasteiger partial charge < -0.3 is 5.32 Å². The van der Waals surface area contributed by atoms with Crippen molar-refractivity contribution in [2.75, 3.05) is 5.32 Å². The van der Waals surface area contributed by atoms with Gasteiger partial charge in [-0.3, -0.25) is 19.1 Å². The Bertz CT molecular complexity index is 1060. The average molecular weight is 387 g/mol. The molecule has 2 aromatic heterocycles. The number of fused-ring (bicyclic) bond motifs is 1.